The summed E-state index contributed by atoms with van der Waals surface area (Å²) >= 11 is 7.64. The number of hydrogen-bond acceptors (Lipinski definition) is 2. The van der Waals surface area contributed by atoms with Crippen LogP contribution in [0.5, 0.6) is 0 Å². The van der Waals surface area contributed by atoms with Crippen LogP contribution >= 0.6 is 23.4 Å². The smallest absolute Gasteiger partial charge is 0.224 e. The Balaban J connectivity index is 1.68. The molecule has 0 aromatic heterocycles. The van der Waals surface area contributed by atoms with Gasteiger partial charge in [-0.2, -0.15) is 0 Å². The first-order chi connectivity index (χ1) is 10.1. The second-order valence-electron chi connectivity index (χ2n) is 4.82. The van der Waals surface area contributed by atoms with E-state index in [4.69, 9.17) is 11.6 Å². The van der Waals surface area contributed by atoms with E-state index in [2.05, 4.69) is 36.5 Å². The van der Waals surface area contributed by atoms with Crippen molar-refractivity contribution in [3.63, 3.8) is 0 Å². The highest BCUT2D eigenvalue weighted by atomic mass is 35.5. The van der Waals surface area contributed by atoms with Crippen LogP contribution in [0.3, 0.4) is 0 Å². The van der Waals surface area contributed by atoms with Gasteiger partial charge >= 0.3 is 0 Å². The van der Waals surface area contributed by atoms with Gasteiger partial charge in [0.25, 0.3) is 0 Å². The number of halogens is 1. The predicted molar refractivity (Wildman–Crippen MR) is 90.1 cm³/mol. The minimum atomic E-state index is 0.0294. The second-order valence-corrected chi connectivity index (χ2v) is 6.42. The molecule has 110 valence electrons. The van der Waals surface area contributed by atoms with Gasteiger partial charge in [-0.3, -0.25) is 4.79 Å². The lowest BCUT2D eigenvalue weighted by Gasteiger charge is -2.06. The van der Waals surface area contributed by atoms with Crippen molar-refractivity contribution in [3.05, 3.63) is 64.7 Å². The first kappa shape index (κ1) is 15.9. The lowest BCUT2D eigenvalue weighted by molar-refractivity contribution is -0.120. The van der Waals surface area contributed by atoms with Crippen LogP contribution in [-0.2, 0) is 11.2 Å². The fraction of sp³-hybridized carbons (Fsp3) is 0.235. The summed E-state index contributed by atoms with van der Waals surface area (Å²) in [6.07, 6.45) is 0.371. The molecule has 0 unspecified atom stereocenters. The molecular weight excluding hydrogens is 302 g/mol. The number of rotatable bonds is 6. The Morgan fingerprint density at radius 1 is 1.19 bits per heavy atom. The van der Waals surface area contributed by atoms with E-state index in [1.54, 1.807) is 17.8 Å². The minimum Gasteiger partial charge on any atom is -0.355 e. The molecule has 2 rings (SSSR count). The average molecular weight is 320 g/mol. The maximum absolute atomic E-state index is 11.8. The van der Waals surface area contributed by atoms with Crippen molar-refractivity contribution >= 4 is 29.3 Å². The first-order valence-corrected chi connectivity index (χ1v) is 8.20. The highest BCUT2D eigenvalue weighted by molar-refractivity contribution is 7.99. The van der Waals surface area contributed by atoms with Gasteiger partial charge in [0.1, 0.15) is 0 Å². The third kappa shape index (κ3) is 5.82. The Morgan fingerprint density at radius 2 is 1.95 bits per heavy atom. The summed E-state index contributed by atoms with van der Waals surface area (Å²) < 4.78 is 0. The van der Waals surface area contributed by atoms with Crippen molar-refractivity contribution in [2.45, 2.75) is 18.2 Å². The molecule has 2 aromatic rings. The van der Waals surface area contributed by atoms with Crippen molar-refractivity contribution < 1.29 is 4.79 Å². The Kier molecular flexibility index (Phi) is 6.15. The van der Waals surface area contributed by atoms with Crippen molar-refractivity contribution in [2.24, 2.45) is 0 Å². The summed E-state index contributed by atoms with van der Waals surface area (Å²) in [5.41, 5.74) is 2.19. The van der Waals surface area contributed by atoms with E-state index in [0.717, 1.165) is 11.3 Å². The monoisotopic (exact) mass is 319 g/mol. The van der Waals surface area contributed by atoms with E-state index in [-0.39, 0.29) is 5.91 Å². The molecule has 0 radical (unpaired) electrons. The first-order valence-electron chi connectivity index (χ1n) is 6.84. The summed E-state index contributed by atoms with van der Waals surface area (Å²) in [6.45, 7) is 2.74. The van der Waals surface area contributed by atoms with Gasteiger partial charge in [-0.25, -0.2) is 0 Å². The largest absolute Gasteiger partial charge is 0.355 e. The molecule has 0 heterocycles. The zero-order valence-corrected chi connectivity index (χ0v) is 13.5. The molecular formula is C17H18ClNOS. The SMILES string of the molecule is Cc1ccc(SCCNC(=O)Cc2cccc(Cl)c2)cc1. The zero-order chi connectivity index (χ0) is 15.1. The van der Waals surface area contributed by atoms with E-state index in [1.807, 2.05) is 18.2 Å². The normalized spacial score (nSPS) is 10.4. The lowest BCUT2D eigenvalue weighted by atomic mass is 10.1. The van der Waals surface area contributed by atoms with Crippen LogP contribution < -0.4 is 5.32 Å². The van der Waals surface area contributed by atoms with Crippen LogP contribution in [0, 0.1) is 6.92 Å². The van der Waals surface area contributed by atoms with E-state index in [9.17, 15) is 4.79 Å². The van der Waals surface area contributed by atoms with Crippen LogP contribution in [0.4, 0.5) is 0 Å². The van der Waals surface area contributed by atoms with Crippen molar-refractivity contribution in [1.29, 1.82) is 0 Å². The van der Waals surface area contributed by atoms with E-state index < -0.39 is 0 Å². The number of benzene rings is 2. The summed E-state index contributed by atoms with van der Waals surface area (Å²) in [4.78, 5) is 13.0. The number of nitrogens with one attached hydrogen (secondary N) is 1. The summed E-state index contributed by atoms with van der Waals surface area (Å²) in [7, 11) is 0. The van der Waals surface area contributed by atoms with Crippen LogP contribution in [0.15, 0.2) is 53.4 Å². The summed E-state index contributed by atoms with van der Waals surface area (Å²) in [5, 5.41) is 3.59. The molecule has 1 N–H and O–H groups in total. The zero-order valence-electron chi connectivity index (χ0n) is 11.9. The highest BCUT2D eigenvalue weighted by Gasteiger charge is 2.03. The molecule has 0 saturated heterocycles. The maximum atomic E-state index is 11.8. The van der Waals surface area contributed by atoms with Gasteiger partial charge in [-0.1, -0.05) is 41.4 Å². The van der Waals surface area contributed by atoms with Gasteiger partial charge in [0.15, 0.2) is 0 Å². The quantitative estimate of drug-likeness (QED) is 0.641. The van der Waals surface area contributed by atoms with Crippen LogP contribution in [-0.4, -0.2) is 18.2 Å². The molecule has 21 heavy (non-hydrogen) atoms. The molecule has 0 spiro atoms. The van der Waals surface area contributed by atoms with E-state index >= 15 is 0 Å². The number of carbonyl (C=O) groups is 1. The molecule has 0 aliphatic carbocycles. The fourth-order valence-corrected chi connectivity index (χ4v) is 2.87. The van der Waals surface area contributed by atoms with Crippen LogP contribution in [0.25, 0.3) is 0 Å². The molecule has 0 saturated carbocycles. The standard InChI is InChI=1S/C17H18ClNOS/c1-13-5-7-16(8-6-13)21-10-9-19-17(20)12-14-3-2-4-15(18)11-14/h2-8,11H,9-10,12H2,1H3,(H,19,20). The summed E-state index contributed by atoms with van der Waals surface area (Å²) in [6, 6.07) is 15.8. The third-order valence-electron chi connectivity index (χ3n) is 2.97. The molecule has 1 amide bonds. The Hall–Kier alpha value is -1.45. The van der Waals surface area contributed by atoms with Crippen molar-refractivity contribution in [3.8, 4) is 0 Å². The van der Waals surface area contributed by atoms with Gasteiger partial charge in [0.05, 0.1) is 6.42 Å². The Bertz CT molecular complexity index is 598. The van der Waals surface area contributed by atoms with Gasteiger partial charge in [0, 0.05) is 22.2 Å². The van der Waals surface area contributed by atoms with Crippen LogP contribution in [0.2, 0.25) is 5.02 Å². The third-order valence-corrected chi connectivity index (χ3v) is 4.22. The predicted octanol–water partition coefficient (Wildman–Crippen LogP) is 4.10. The van der Waals surface area contributed by atoms with Crippen molar-refractivity contribution in [2.75, 3.05) is 12.3 Å². The molecule has 0 atom stereocenters. The Morgan fingerprint density at radius 3 is 2.67 bits per heavy atom. The molecule has 0 aliphatic heterocycles. The fourth-order valence-electron chi connectivity index (χ4n) is 1.89. The van der Waals surface area contributed by atoms with Gasteiger partial charge in [-0.05, 0) is 36.8 Å². The number of thioether (sulfide) groups is 1. The number of hydrogen-bond donors (Lipinski definition) is 1. The molecule has 2 aromatic carbocycles. The van der Waals surface area contributed by atoms with Crippen molar-refractivity contribution in [1.82, 2.24) is 5.32 Å². The molecule has 0 aliphatic rings. The topological polar surface area (TPSA) is 29.1 Å². The van der Waals surface area contributed by atoms with E-state index in [1.165, 1.54) is 10.5 Å². The summed E-state index contributed by atoms with van der Waals surface area (Å²) in [5.74, 6) is 0.895. The lowest BCUT2D eigenvalue weighted by Crippen LogP contribution is -2.27. The van der Waals surface area contributed by atoms with E-state index in [0.29, 0.717) is 18.0 Å². The van der Waals surface area contributed by atoms with Gasteiger partial charge in [-0.15, -0.1) is 11.8 Å². The number of amides is 1. The van der Waals surface area contributed by atoms with Crippen LogP contribution in [0.1, 0.15) is 11.1 Å². The highest BCUT2D eigenvalue weighted by Crippen LogP contribution is 2.17. The van der Waals surface area contributed by atoms with Gasteiger partial charge < -0.3 is 5.32 Å². The molecule has 2 nitrogen and oxygen atoms in total. The Labute approximate surface area is 134 Å². The van der Waals surface area contributed by atoms with Gasteiger partial charge in [0.2, 0.25) is 5.91 Å². The number of carbonyl (C=O) groups excluding carboxylic acids is 1. The minimum absolute atomic E-state index is 0.0294. The second kappa shape index (κ2) is 8.11. The molecule has 4 heteroatoms. The molecule has 0 bridgehead atoms. The average Bonchev–Trinajstić information content (AvgIpc) is 2.45. The maximum Gasteiger partial charge on any atom is 0.224 e. The number of aryl methyl sites for hydroxylation is 1. The molecule has 0 fully saturated rings.